The smallest absolute Gasteiger partial charge is 0.0106 e. The minimum absolute atomic E-state index is 0.718. The van der Waals surface area contributed by atoms with Gasteiger partial charge in [0.1, 0.15) is 0 Å². The molecule has 1 atom stereocenters. The highest BCUT2D eigenvalue weighted by molar-refractivity contribution is 5.27. The van der Waals surface area contributed by atoms with Gasteiger partial charge in [0.05, 0.1) is 0 Å². The van der Waals surface area contributed by atoms with E-state index in [1.807, 2.05) is 0 Å². The number of hydrogen-bond donors (Lipinski definition) is 0. The summed E-state index contributed by atoms with van der Waals surface area (Å²) in [6.45, 7) is 11.0. The summed E-state index contributed by atoms with van der Waals surface area (Å²) >= 11 is 0. The molecule has 0 amide bonds. The van der Waals surface area contributed by atoms with E-state index in [2.05, 4.69) is 27.4 Å². The zero-order valence-corrected chi connectivity index (χ0v) is 8.61. The molecule has 0 nitrogen and oxygen atoms in total. The van der Waals surface area contributed by atoms with Crippen molar-refractivity contribution in [3.8, 4) is 0 Å². The SMILES string of the molecule is C=C1CC(CC)=C(CC)CC1C. The van der Waals surface area contributed by atoms with Gasteiger partial charge >= 0.3 is 0 Å². The van der Waals surface area contributed by atoms with Crippen LogP contribution in [0.3, 0.4) is 0 Å². The van der Waals surface area contributed by atoms with E-state index in [9.17, 15) is 0 Å². The molecule has 0 saturated carbocycles. The molecular formula is C12H20. The Balaban J connectivity index is 2.82. The van der Waals surface area contributed by atoms with Crippen molar-refractivity contribution in [2.45, 2.75) is 46.5 Å². The van der Waals surface area contributed by atoms with E-state index in [0.717, 1.165) is 5.92 Å². The average molecular weight is 164 g/mol. The lowest BCUT2D eigenvalue weighted by atomic mass is 9.80. The molecule has 0 radical (unpaired) electrons. The summed E-state index contributed by atoms with van der Waals surface area (Å²) in [6.07, 6.45) is 4.88. The molecule has 0 aromatic rings. The number of hydrogen-bond acceptors (Lipinski definition) is 0. The molecule has 0 heterocycles. The largest absolute Gasteiger partial charge is 0.0993 e. The van der Waals surface area contributed by atoms with E-state index >= 15 is 0 Å². The lowest BCUT2D eigenvalue weighted by Crippen LogP contribution is -2.09. The highest BCUT2D eigenvalue weighted by Gasteiger charge is 2.18. The second-order valence-corrected chi connectivity index (χ2v) is 3.85. The predicted molar refractivity (Wildman–Crippen MR) is 55.1 cm³/mol. The second-order valence-electron chi connectivity index (χ2n) is 3.85. The summed E-state index contributed by atoms with van der Waals surface area (Å²) in [6, 6.07) is 0. The minimum Gasteiger partial charge on any atom is -0.0993 e. The molecule has 0 saturated heterocycles. The molecule has 0 N–H and O–H groups in total. The Hall–Kier alpha value is -0.520. The van der Waals surface area contributed by atoms with Gasteiger partial charge in [-0.15, -0.1) is 0 Å². The fraction of sp³-hybridized carbons (Fsp3) is 0.667. The zero-order valence-electron chi connectivity index (χ0n) is 8.61. The van der Waals surface area contributed by atoms with Crippen LogP contribution < -0.4 is 0 Å². The topological polar surface area (TPSA) is 0 Å². The molecule has 0 bridgehead atoms. The third kappa shape index (κ3) is 1.80. The van der Waals surface area contributed by atoms with Crippen LogP contribution in [-0.2, 0) is 0 Å². The van der Waals surface area contributed by atoms with Gasteiger partial charge in [-0.2, -0.15) is 0 Å². The Morgan fingerprint density at radius 3 is 2.33 bits per heavy atom. The molecule has 0 heteroatoms. The van der Waals surface area contributed by atoms with Crippen LogP contribution in [0.15, 0.2) is 23.3 Å². The van der Waals surface area contributed by atoms with E-state index in [4.69, 9.17) is 0 Å². The molecule has 1 rings (SSSR count). The number of allylic oxidation sites excluding steroid dienone is 3. The van der Waals surface area contributed by atoms with Crippen molar-refractivity contribution in [1.29, 1.82) is 0 Å². The summed E-state index contributed by atoms with van der Waals surface area (Å²) in [7, 11) is 0. The standard InChI is InChI=1S/C12H20/c1-5-11-7-9(3)10(4)8-12(11)6-2/h10H,3,5-8H2,1-2,4H3. The van der Waals surface area contributed by atoms with Crippen molar-refractivity contribution in [3.05, 3.63) is 23.3 Å². The molecule has 1 aliphatic carbocycles. The molecular weight excluding hydrogens is 144 g/mol. The first-order chi connectivity index (χ1) is 5.69. The Kier molecular flexibility index (Phi) is 3.13. The summed E-state index contributed by atoms with van der Waals surface area (Å²) in [5, 5.41) is 0. The lowest BCUT2D eigenvalue weighted by Gasteiger charge is -2.26. The molecule has 0 spiro atoms. The molecule has 1 aliphatic rings. The highest BCUT2D eigenvalue weighted by atomic mass is 14.2. The first kappa shape index (κ1) is 9.57. The quantitative estimate of drug-likeness (QED) is 0.539. The molecule has 0 aromatic heterocycles. The second kappa shape index (κ2) is 3.93. The third-order valence-electron chi connectivity index (χ3n) is 3.04. The first-order valence-corrected chi connectivity index (χ1v) is 5.06. The Bertz CT molecular complexity index is 208. The van der Waals surface area contributed by atoms with Gasteiger partial charge in [-0.3, -0.25) is 0 Å². The average Bonchev–Trinajstić information content (AvgIpc) is 2.09. The van der Waals surface area contributed by atoms with Crippen molar-refractivity contribution in [2.24, 2.45) is 5.92 Å². The number of rotatable bonds is 2. The van der Waals surface area contributed by atoms with Crippen LogP contribution in [0.2, 0.25) is 0 Å². The van der Waals surface area contributed by atoms with Gasteiger partial charge in [0, 0.05) is 0 Å². The lowest BCUT2D eigenvalue weighted by molar-refractivity contribution is 0.599. The van der Waals surface area contributed by atoms with Crippen LogP contribution in [0.5, 0.6) is 0 Å². The van der Waals surface area contributed by atoms with Gasteiger partial charge in [-0.25, -0.2) is 0 Å². The van der Waals surface area contributed by atoms with Crippen LogP contribution in [-0.4, -0.2) is 0 Å². The molecule has 1 unspecified atom stereocenters. The van der Waals surface area contributed by atoms with Crippen molar-refractivity contribution in [1.82, 2.24) is 0 Å². The van der Waals surface area contributed by atoms with Crippen molar-refractivity contribution in [3.63, 3.8) is 0 Å². The molecule has 0 fully saturated rings. The maximum atomic E-state index is 4.13. The van der Waals surface area contributed by atoms with E-state index in [-0.39, 0.29) is 0 Å². The highest BCUT2D eigenvalue weighted by Crippen LogP contribution is 2.35. The van der Waals surface area contributed by atoms with Gasteiger partial charge in [-0.05, 0) is 31.6 Å². The van der Waals surface area contributed by atoms with Crippen LogP contribution in [0.25, 0.3) is 0 Å². The van der Waals surface area contributed by atoms with E-state index in [1.54, 1.807) is 11.1 Å². The molecule has 12 heavy (non-hydrogen) atoms. The van der Waals surface area contributed by atoms with Gasteiger partial charge in [-0.1, -0.05) is 44.1 Å². The zero-order chi connectivity index (χ0) is 9.14. The summed E-state index contributed by atoms with van der Waals surface area (Å²) < 4.78 is 0. The van der Waals surface area contributed by atoms with Crippen LogP contribution in [0.4, 0.5) is 0 Å². The summed E-state index contributed by atoms with van der Waals surface area (Å²) in [4.78, 5) is 0. The van der Waals surface area contributed by atoms with Crippen molar-refractivity contribution in [2.75, 3.05) is 0 Å². The van der Waals surface area contributed by atoms with E-state index < -0.39 is 0 Å². The summed E-state index contributed by atoms with van der Waals surface area (Å²) in [5.74, 6) is 0.718. The Morgan fingerprint density at radius 1 is 1.25 bits per heavy atom. The van der Waals surface area contributed by atoms with Gasteiger partial charge in [0.15, 0.2) is 0 Å². The maximum Gasteiger partial charge on any atom is -0.0106 e. The van der Waals surface area contributed by atoms with Crippen molar-refractivity contribution >= 4 is 0 Å². The van der Waals surface area contributed by atoms with Crippen LogP contribution >= 0.6 is 0 Å². The molecule has 0 aliphatic heterocycles. The van der Waals surface area contributed by atoms with Crippen molar-refractivity contribution < 1.29 is 0 Å². The van der Waals surface area contributed by atoms with Gasteiger partial charge < -0.3 is 0 Å². The monoisotopic (exact) mass is 164 g/mol. The predicted octanol–water partition coefficient (Wildman–Crippen LogP) is 4.09. The van der Waals surface area contributed by atoms with Gasteiger partial charge in [0.2, 0.25) is 0 Å². The Labute approximate surface area is 76.4 Å². The van der Waals surface area contributed by atoms with Gasteiger partial charge in [0.25, 0.3) is 0 Å². The first-order valence-electron chi connectivity index (χ1n) is 5.06. The normalized spacial score (nSPS) is 24.9. The minimum atomic E-state index is 0.718. The maximum absolute atomic E-state index is 4.13. The Morgan fingerprint density at radius 2 is 1.83 bits per heavy atom. The fourth-order valence-electron chi connectivity index (χ4n) is 2.00. The third-order valence-corrected chi connectivity index (χ3v) is 3.04. The molecule has 0 aromatic carbocycles. The summed E-state index contributed by atoms with van der Waals surface area (Å²) in [5.41, 5.74) is 4.78. The van der Waals surface area contributed by atoms with E-state index in [1.165, 1.54) is 31.3 Å². The van der Waals surface area contributed by atoms with E-state index in [0.29, 0.717) is 0 Å². The van der Waals surface area contributed by atoms with Crippen LogP contribution in [0.1, 0.15) is 46.5 Å². The van der Waals surface area contributed by atoms with Crippen LogP contribution in [0, 0.1) is 5.92 Å². The molecule has 68 valence electrons. The fourth-order valence-corrected chi connectivity index (χ4v) is 2.00.